The fraction of sp³-hybridized carbons (Fsp3) is 0.441. The first kappa shape index (κ1) is 28.5. The van der Waals surface area contributed by atoms with Crippen molar-refractivity contribution in [1.82, 2.24) is 20.2 Å². The van der Waals surface area contributed by atoms with E-state index in [1.54, 1.807) is 18.2 Å². The topological polar surface area (TPSA) is 90.8 Å². The maximum absolute atomic E-state index is 16.9. The van der Waals surface area contributed by atoms with Crippen LogP contribution in [0.25, 0.3) is 32.8 Å². The molecule has 4 aromatic rings. The van der Waals surface area contributed by atoms with Crippen molar-refractivity contribution in [3.63, 3.8) is 0 Å². The summed E-state index contributed by atoms with van der Waals surface area (Å²) in [5.74, 6) is -1.87. The zero-order valence-corrected chi connectivity index (χ0v) is 25.0. The van der Waals surface area contributed by atoms with Crippen molar-refractivity contribution in [2.75, 3.05) is 37.7 Å². The molecule has 0 radical (unpaired) electrons. The van der Waals surface area contributed by atoms with Gasteiger partial charge in [-0.3, -0.25) is 9.69 Å². The molecule has 8 rings (SSSR count). The minimum atomic E-state index is -0.938. The molecule has 0 amide bonds. The molecule has 0 spiro atoms. The SMILES string of the molecule is CC(=O)c1cccc2cc(O)cc(-c3c(F)cc4c(N5CC6CCC(C5)N6)nc(OCC56CCCN5C[C@H](F)C6)nc4c3F)c12. The molecule has 0 saturated carbocycles. The van der Waals surface area contributed by atoms with Gasteiger partial charge >= 0.3 is 6.01 Å². The molecule has 1 aromatic heterocycles. The van der Waals surface area contributed by atoms with Gasteiger partial charge in [-0.25, -0.2) is 13.2 Å². The monoisotopic (exact) mass is 617 g/mol. The van der Waals surface area contributed by atoms with Gasteiger partial charge in [-0.15, -0.1) is 0 Å². The lowest BCUT2D eigenvalue weighted by Crippen LogP contribution is -2.51. The quantitative estimate of drug-likeness (QED) is 0.273. The van der Waals surface area contributed by atoms with Crippen LogP contribution in [-0.4, -0.2) is 82.3 Å². The number of ketones is 1. The summed E-state index contributed by atoms with van der Waals surface area (Å²) in [4.78, 5) is 26.0. The second kappa shape index (κ2) is 10.6. The average Bonchev–Trinajstić information content (AvgIpc) is 3.65. The maximum atomic E-state index is 16.9. The van der Waals surface area contributed by atoms with E-state index < -0.39 is 28.9 Å². The molecule has 4 aliphatic heterocycles. The fourth-order valence-corrected chi connectivity index (χ4v) is 8.23. The van der Waals surface area contributed by atoms with Crippen molar-refractivity contribution >= 4 is 33.3 Å². The van der Waals surface area contributed by atoms with Gasteiger partial charge in [-0.1, -0.05) is 18.2 Å². The van der Waals surface area contributed by atoms with Crippen LogP contribution < -0.4 is 15.0 Å². The van der Waals surface area contributed by atoms with Gasteiger partial charge in [0.05, 0.1) is 11.1 Å². The van der Waals surface area contributed by atoms with Gasteiger partial charge in [-0.05, 0) is 68.3 Å². The van der Waals surface area contributed by atoms with Crippen LogP contribution in [0.15, 0.2) is 36.4 Å². The van der Waals surface area contributed by atoms with Crippen LogP contribution in [-0.2, 0) is 0 Å². The highest BCUT2D eigenvalue weighted by Crippen LogP contribution is 2.43. The van der Waals surface area contributed by atoms with Crippen LogP contribution in [0.1, 0.15) is 49.4 Å². The number of nitrogens with one attached hydrogen (secondary N) is 1. The number of ether oxygens (including phenoxy) is 1. The average molecular weight is 618 g/mol. The zero-order valence-electron chi connectivity index (χ0n) is 25.0. The van der Waals surface area contributed by atoms with Crippen LogP contribution >= 0.6 is 0 Å². The van der Waals surface area contributed by atoms with Gasteiger partial charge in [-0.2, -0.15) is 9.97 Å². The molecule has 5 heterocycles. The number of aromatic nitrogens is 2. The third-order valence-corrected chi connectivity index (χ3v) is 10.2. The van der Waals surface area contributed by atoms with Crippen molar-refractivity contribution in [2.45, 2.75) is 62.8 Å². The number of carbonyl (C=O) groups is 1. The predicted octanol–water partition coefficient (Wildman–Crippen LogP) is 5.53. The minimum Gasteiger partial charge on any atom is -0.508 e. The highest BCUT2D eigenvalue weighted by molar-refractivity contribution is 6.13. The lowest BCUT2D eigenvalue weighted by Gasteiger charge is -2.34. The van der Waals surface area contributed by atoms with Crippen LogP contribution in [0.4, 0.5) is 19.0 Å². The predicted molar refractivity (Wildman–Crippen MR) is 165 cm³/mol. The highest BCUT2D eigenvalue weighted by Gasteiger charge is 2.49. The summed E-state index contributed by atoms with van der Waals surface area (Å²) in [7, 11) is 0. The molecule has 4 atom stereocenters. The fourth-order valence-electron chi connectivity index (χ4n) is 8.23. The second-order valence-electron chi connectivity index (χ2n) is 13.1. The Labute approximate surface area is 258 Å². The largest absolute Gasteiger partial charge is 0.508 e. The van der Waals surface area contributed by atoms with Gasteiger partial charge in [0.1, 0.15) is 35.7 Å². The lowest BCUT2D eigenvalue weighted by atomic mass is 9.91. The number of halogens is 3. The Morgan fingerprint density at radius 2 is 1.93 bits per heavy atom. The molecular formula is C34H34F3N5O3. The van der Waals surface area contributed by atoms with Crippen LogP contribution in [0.2, 0.25) is 0 Å². The standard InChI is InChI=1S/C34H34F3N5O3/c1-18(43)24-5-2-4-19-10-23(44)11-25(28(19)24)29-27(36)12-26-31(30(29)37)39-33(40-32(26)41-15-21-6-7-22(16-41)38-21)45-17-34-8-3-9-42(34)14-20(35)13-34/h2,4-5,10-12,20-22,38,44H,3,6-9,13-17H2,1H3/t20-,21?,22?,34?/m1/s1. The Hall–Kier alpha value is -3.96. The number of piperazine rings is 1. The molecule has 2 bridgehead atoms. The Morgan fingerprint density at radius 1 is 1.13 bits per heavy atom. The molecule has 4 fully saturated rings. The highest BCUT2D eigenvalue weighted by atomic mass is 19.1. The number of anilines is 1. The van der Waals surface area contributed by atoms with Crippen LogP contribution in [0.3, 0.4) is 0 Å². The van der Waals surface area contributed by atoms with E-state index in [1.807, 2.05) is 4.90 Å². The number of alkyl halides is 1. The van der Waals surface area contributed by atoms with E-state index in [9.17, 15) is 14.3 Å². The normalized spacial score (nSPS) is 26.2. The van der Waals surface area contributed by atoms with Crippen molar-refractivity contribution < 1.29 is 27.8 Å². The number of phenolic OH excluding ortho intramolecular Hbond substituents is 1. The number of hydrogen-bond acceptors (Lipinski definition) is 8. The van der Waals surface area contributed by atoms with Gasteiger partial charge in [0.25, 0.3) is 0 Å². The zero-order chi connectivity index (χ0) is 31.0. The number of Topliss-reactive ketones (excluding diaryl/α,β-unsaturated/α-hetero) is 1. The summed E-state index contributed by atoms with van der Waals surface area (Å²) in [5, 5.41) is 15.2. The number of hydrogen-bond donors (Lipinski definition) is 2. The van der Waals surface area contributed by atoms with Crippen LogP contribution in [0, 0.1) is 11.6 Å². The molecule has 3 unspecified atom stereocenters. The van der Waals surface area contributed by atoms with E-state index in [4.69, 9.17) is 9.72 Å². The van der Waals surface area contributed by atoms with E-state index in [1.165, 1.54) is 25.1 Å². The smallest absolute Gasteiger partial charge is 0.319 e. The van der Waals surface area contributed by atoms with Crippen LogP contribution in [0.5, 0.6) is 11.8 Å². The third kappa shape index (κ3) is 4.70. The summed E-state index contributed by atoms with van der Waals surface area (Å²) in [6.45, 7) is 3.96. The molecule has 2 N–H and O–H groups in total. The molecule has 11 heteroatoms. The van der Waals surface area contributed by atoms with Crippen molar-refractivity contribution in [3.05, 3.63) is 53.6 Å². The Kier molecular flexibility index (Phi) is 6.69. The molecule has 3 aromatic carbocycles. The molecular weight excluding hydrogens is 583 g/mol. The summed E-state index contributed by atoms with van der Waals surface area (Å²) in [5.41, 5.74) is -0.638. The van der Waals surface area contributed by atoms with Gasteiger partial charge in [0.15, 0.2) is 11.6 Å². The number of phenols is 1. The van der Waals surface area contributed by atoms with Crippen molar-refractivity contribution in [2.24, 2.45) is 0 Å². The minimum absolute atomic E-state index is 0.0476. The lowest BCUT2D eigenvalue weighted by molar-refractivity contribution is 0.101. The number of nitrogens with zero attached hydrogens (tertiary/aromatic N) is 4. The third-order valence-electron chi connectivity index (χ3n) is 10.2. The summed E-state index contributed by atoms with van der Waals surface area (Å²) in [6, 6.07) is 9.36. The molecule has 4 saturated heterocycles. The number of aromatic hydroxyl groups is 1. The Bertz CT molecular complexity index is 1860. The summed E-state index contributed by atoms with van der Waals surface area (Å²) >= 11 is 0. The number of fused-ring (bicyclic) bond motifs is 5. The molecule has 45 heavy (non-hydrogen) atoms. The van der Waals surface area contributed by atoms with E-state index >= 15 is 8.78 Å². The van der Waals surface area contributed by atoms with Gasteiger partial charge < -0.3 is 20.1 Å². The first-order chi connectivity index (χ1) is 21.7. The summed E-state index contributed by atoms with van der Waals surface area (Å²) < 4.78 is 53.8. The summed E-state index contributed by atoms with van der Waals surface area (Å²) in [6.07, 6.45) is 3.18. The maximum Gasteiger partial charge on any atom is 0.319 e. The van der Waals surface area contributed by atoms with E-state index in [2.05, 4.69) is 15.2 Å². The first-order valence-electron chi connectivity index (χ1n) is 15.7. The number of carbonyl (C=O) groups excluding carboxylic acids is 1. The molecule has 8 nitrogen and oxygen atoms in total. The van der Waals surface area contributed by atoms with Crippen molar-refractivity contribution in [1.29, 1.82) is 0 Å². The Balaban J connectivity index is 1.30. The van der Waals surface area contributed by atoms with E-state index in [-0.39, 0.29) is 58.3 Å². The number of benzene rings is 3. The first-order valence-corrected chi connectivity index (χ1v) is 15.7. The van der Waals surface area contributed by atoms with E-state index in [0.717, 1.165) is 32.2 Å². The van der Waals surface area contributed by atoms with Crippen molar-refractivity contribution in [3.8, 4) is 22.9 Å². The molecule has 234 valence electrons. The van der Waals surface area contributed by atoms with Gasteiger partial charge in [0, 0.05) is 54.5 Å². The van der Waals surface area contributed by atoms with E-state index in [0.29, 0.717) is 42.6 Å². The van der Waals surface area contributed by atoms with Gasteiger partial charge in [0.2, 0.25) is 0 Å². The Morgan fingerprint density at radius 3 is 2.71 bits per heavy atom. The second-order valence-corrected chi connectivity index (χ2v) is 13.1. The molecule has 4 aliphatic rings. The number of rotatable bonds is 6. The molecule has 0 aliphatic carbocycles.